The van der Waals surface area contributed by atoms with Crippen molar-refractivity contribution in [1.82, 2.24) is 9.88 Å². The van der Waals surface area contributed by atoms with Crippen LogP contribution in [0.4, 0.5) is 4.39 Å². The molecule has 2 aromatic carbocycles. The van der Waals surface area contributed by atoms with Gasteiger partial charge in [-0.15, -0.1) is 0 Å². The van der Waals surface area contributed by atoms with Crippen LogP contribution in [0.15, 0.2) is 23.0 Å². The van der Waals surface area contributed by atoms with E-state index in [0.717, 1.165) is 45.9 Å². The van der Waals surface area contributed by atoms with Crippen molar-refractivity contribution in [3.05, 3.63) is 67.8 Å². The summed E-state index contributed by atoms with van der Waals surface area (Å²) in [6, 6.07) is 5.32. The molecule has 0 unspecified atom stereocenters. The molecule has 7 nitrogen and oxygen atoms in total. The maximum atomic E-state index is 15.1. The van der Waals surface area contributed by atoms with Gasteiger partial charge in [-0.05, 0) is 98.2 Å². The van der Waals surface area contributed by atoms with Gasteiger partial charge in [0.2, 0.25) is 0 Å². The predicted octanol–water partition coefficient (Wildman–Crippen LogP) is 4.52. The third kappa shape index (κ3) is 3.95. The van der Waals surface area contributed by atoms with Crippen molar-refractivity contribution in [3.63, 3.8) is 0 Å². The zero-order valence-corrected chi connectivity index (χ0v) is 23.2. The first kappa shape index (κ1) is 26.2. The number of fused-ring (bicyclic) bond motifs is 5. The number of aliphatic hydroxyl groups is 1. The molecule has 3 aromatic rings. The van der Waals surface area contributed by atoms with E-state index >= 15 is 4.39 Å². The van der Waals surface area contributed by atoms with Gasteiger partial charge < -0.3 is 24.5 Å². The molecule has 0 radical (unpaired) electrons. The molecule has 8 heteroatoms. The third-order valence-corrected chi connectivity index (χ3v) is 8.60. The van der Waals surface area contributed by atoms with Gasteiger partial charge in [0, 0.05) is 23.7 Å². The molecule has 3 heterocycles. The van der Waals surface area contributed by atoms with Crippen LogP contribution in [-0.4, -0.2) is 34.4 Å². The van der Waals surface area contributed by atoms with E-state index in [9.17, 15) is 14.7 Å². The molecule has 1 aromatic heterocycles. The van der Waals surface area contributed by atoms with Gasteiger partial charge in [0.1, 0.15) is 12.4 Å². The fourth-order valence-electron chi connectivity index (χ4n) is 6.55. The van der Waals surface area contributed by atoms with Gasteiger partial charge in [0.15, 0.2) is 5.60 Å². The number of rotatable bonds is 5. The summed E-state index contributed by atoms with van der Waals surface area (Å²) in [5.74, 6) is -0.977. The Morgan fingerprint density at radius 1 is 1.21 bits per heavy atom. The number of carbonyl (C=O) groups excluding carboxylic acids is 1. The van der Waals surface area contributed by atoms with E-state index < -0.39 is 11.6 Å². The number of aryl methyl sites for hydroxylation is 1. The second-order valence-corrected chi connectivity index (χ2v) is 12.0. The van der Waals surface area contributed by atoms with Gasteiger partial charge in [-0.1, -0.05) is 6.92 Å². The molecule has 0 fully saturated rings. The van der Waals surface area contributed by atoms with Gasteiger partial charge in [-0.3, -0.25) is 4.79 Å². The van der Waals surface area contributed by atoms with E-state index in [1.807, 2.05) is 33.8 Å². The van der Waals surface area contributed by atoms with Crippen molar-refractivity contribution in [2.24, 2.45) is 0 Å². The van der Waals surface area contributed by atoms with Crippen LogP contribution in [-0.2, 0) is 39.4 Å². The highest BCUT2D eigenvalue weighted by atomic mass is 19.1. The van der Waals surface area contributed by atoms with Crippen molar-refractivity contribution in [2.45, 2.75) is 84.3 Å². The lowest BCUT2D eigenvalue weighted by Gasteiger charge is -2.31. The predicted molar refractivity (Wildman–Crippen MR) is 146 cm³/mol. The molecular weight excluding hydrogens is 499 g/mol. The summed E-state index contributed by atoms with van der Waals surface area (Å²) in [6.07, 6.45) is 1.65. The van der Waals surface area contributed by atoms with Crippen molar-refractivity contribution in [2.75, 3.05) is 13.2 Å². The summed E-state index contributed by atoms with van der Waals surface area (Å²) < 4.78 is 27.9. The fourth-order valence-corrected chi connectivity index (χ4v) is 6.55. The summed E-state index contributed by atoms with van der Waals surface area (Å²) in [5, 5.41) is 16.7. The van der Waals surface area contributed by atoms with E-state index in [0.29, 0.717) is 42.1 Å². The molecule has 2 atom stereocenters. The summed E-state index contributed by atoms with van der Waals surface area (Å²) in [6.45, 7) is 11.0. The number of cyclic esters (lactones) is 1. The monoisotopic (exact) mass is 534 g/mol. The quantitative estimate of drug-likeness (QED) is 0.289. The summed E-state index contributed by atoms with van der Waals surface area (Å²) in [7, 11) is 0. The van der Waals surface area contributed by atoms with Crippen molar-refractivity contribution < 1.29 is 23.8 Å². The Morgan fingerprint density at radius 2 is 1.97 bits per heavy atom. The molecule has 206 valence electrons. The van der Waals surface area contributed by atoms with Gasteiger partial charge in [-0.25, -0.2) is 9.18 Å². The maximum absolute atomic E-state index is 15.1. The number of aromatic nitrogens is 1. The van der Waals surface area contributed by atoms with Crippen molar-refractivity contribution in [3.8, 4) is 11.3 Å². The number of hydrogen-bond acceptors (Lipinski definition) is 6. The smallest absolute Gasteiger partial charge is 0.343 e. The molecule has 0 bridgehead atoms. The minimum atomic E-state index is -1.87. The minimum Gasteiger partial charge on any atom is -0.458 e. The number of carbonyl (C=O) groups is 1. The molecule has 0 saturated heterocycles. The highest BCUT2D eigenvalue weighted by molar-refractivity contribution is 5.97. The highest BCUT2D eigenvalue weighted by Gasteiger charge is 2.45. The van der Waals surface area contributed by atoms with Crippen molar-refractivity contribution >= 4 is 16.7 Å². The van der Waals surface area contributed by atoms with Crippen LogP contribution in [0.25, 0.3) is 22.0 Å². The first-order valence-electron chi connectivity index (χ1n) is 13.8. The fraction of sp³-hybridized carbons (Fsp3) is 0.484. The van der Waals surface area contributed by atoms with Crippen LogP contribution in [0, 0.1) is 12.7 Å². The largest absolute Gasteiger partial charge is 0.458 e. The molecule has 2 aliphatic heterocycles. The van der Waals surface area contributed by atoms with Crippen LogP contribution in [0.5, 0.6) is 0 Å². The number of ether oxygens (including phenoxy) is 2. The average Bonchev–Trinajstić information content (AvgIpc) is 3.26. The molecule has 1 aliphatic carbocycles. The summed E-state index contributed by atoms with van der Waals surface area (Å²) in [4.78, 5) is 26.3. The summed E-state index contributed by atoms with van der Waals surface area (Å²) >= 11 is 0. The van der Waals surface area contributed by atoms with Gasteiger partial charge in [-0.2, -0.15) is 0 Å². The second kappa shape index (κ2) is 8.98. The third-order valence-electron chi connectivity index (χ3n) is 8.60. The van der Waals surface area contributed by atoms with E-state index in [4.69, 9.17) is 9.47 Å². The van der Waals surface area contributed by atoms with Gasteiger partial charge in [0.25, 0.3) is 5.56 Å². The van der Waals surface area contributed by atoms with Crippen LogP contribution < -0.4 is 10.9 Å². The van der Waals surface area contributed by atoms with Crippen molar-refractivity contribution in [1.29, 1.82) is 0 Å². The molecule has 0 amide bonds. The van der Waals surface area contributed by atoms with Crippen LogP contribution in [0.1, 0.15) is 80.0 Å². The minimum absolute atomic E-state index is 0.0144. The van der Waals surface area contributed by atoms with Gasteiger partial charge in [0.05, 0.1) is 30.0 Å². The average molecular weight is 535 g/mol. The topological polar surface area (TPSA) is 89.8 Å². The molecule has 0 saturated carbocycles. The molecule has 3 aliphatic rings. The molecule has 2 N–H and O–H groups in total. The zero-order valence-electron chi connectivity index (χ0n) is 23.2. The number of nitrogens with zero attached hydrogens (tertiary/aromatic N) is 1. The lowest BCUT2D eigenvalue weighted by molar-refractivity contribution is -0.172. The molecule has 6 rings (SSSR count). The standard InChI is InChI=1S/C31H35FN2O5/c1-6-31(37)22-13-25-19-11-17-12-23(32)16(2)18-7-8-24(33-9-10-39-30(3,4)5)27(26(17)18)20(19)14-34(25)28(35)21(22)15-38-29(31)36/h11-13,24,33,37H,6-10,14-15H2,1-5H3/t24-,31-/m0/s1. The Hall–Kier alpha value is -3.07. The number of benzene rings is 2. The van der Waals surface area contributed by atoms with Crippen LogP contribution >= 0.6 is 0 Å². The number of hydrogen-bond donors (Lipinski definition) is 2. The first-order valence-corrected chi connectivity index (χ1v) is 13.8. The second-order valence-electron chi connectivity index (χ2n) is 12.0. The number of nitrogens with one attached hydrogen (secondary N) is 1. The van der Waals surface area contributed by atoms with Crippen LogP contribution in [0.3, 0.4) is 0 Å². The highest BCUT2D eigenvalue weighted by Crippen LogP contribution is 2.47. The van der Waals surface area contributed by atoms with E-state index in [2.05, 4.69) is 5.32 Å². The Kier molecular flexibility index (Phi) is 6.02. The number of pyridine rings is 1. The zero-order chi connectivity index (χ0) is 27.9. The normalized spacial score (nSPS) is 21.5. The Bertz CT molecular complexity index is 1600. The first-order chi connectivity index (χ1) is 18.4. The van der Waals surface area contributed by atoms with E-state index in [1.54, 1.807) is 23.6 Å². The van der Waals surface area contributed by atoms with Gasteiger partial charge >= 0.3 is 5.97 Å². The Labute approximate surface area is 226 Å². The van der Waals surface area contributed by atoms with E-state index in [-0.39, 0.29) is 36.0 Å². The summed E-state index contributed by atoms with van der Waals surface area (Å²) in [5.41, 5.74) is 3.54. The number of halogens is 1. The Balaban J connectivity index is 1.53. The Morgan fingerprint density at radius 3 is 2.69 bits per heavy atom. The lowest BCUT2D eigenvalue weighted by Crippen LogP contribution is -2.44. The number of esters is 1. The van der Waals surface area contributed by atoms with E-state index in [1.165, 1.54) is 0 Å². The lowest BCUT2D eigenvalue weighted by atomic mass is 9.79. The maximum Gasteiger partial charge on any atom is 0.343 e. The van der Waals surface area contributed by atoms with Crippen LogP contribution in [0.2, 0.25) is 0 Å². The SMILES string of the molecule is CC[C@@]1(O)C(=O)OCc2c1cc1n(c2=O)Cc2c-1cc1cc(F)c(C)c3c1c2[C@@H](NCCOC(C)(C)C)CC3. The molecule has 39 heavy (non-hydrogen) atoms. The molecule has 0 spiro atoms. The molecular formula is C31H35FN2O5.